The Kier molecular flexibility index (Phi) is 6.48. The highest BCUT2D eigenvalue weighted by atomic mass is 79.9. The number of ether oxygens (including phenoxy) is 2. The summed E-state index contributed by atoms with van der Waals surface area (Å²) in [6, 6.07) is 13.4. The number of morpholine rings is 1. The van der Waals surface area contributed by atoms with E-state index in [1.54, 1.807) is 13.2 Å². The van der Waals surface area contributed by atoms with Gasteiger partial charge in [0.2, 0.25) is 0 Å². The molecule has 1 saturated heterocycles. The second-order valence-electron chi connectivity index (χ2n) is 7.03. The van der Waals surface area contributed by atoms with E-state index < -0.39 is 11.6 Å². The van der Waals surface area contributed by atoms with Gasteiger partial charge in [0.15, 0.2) is 0 Å². The molecular weight excluding hydrogens is 442 g/mol. The van der Waals surface area contributed by atoms with Gasteiger partial charge in [0.05, 0.1) is 19.3 Å². The second-order valence-corrected chi connectivity index (χ2v) is 8.38. The van der Waals surface area contributed by atoms with E-state index in [0.717, 1.165) is 21.3 Å². The fourth-order valence-corrected chi connectivity index (χ4v) is 4.28. The molecule has 2 atom stereocenters. The molecule has 0 N–H and O–H groups in total. The van der Waals surface area contributed by atoms with Crippen LogP contribution in [0.2, 0.25) is 5.02 Å². The summed E-state index contributed by atoms with van der Waals surface area (Å²) in [4.78, 5) is 15.2. The highest BCUT2D eigenvalue weighted by Gasteiger charge is 2.45. The molecule has 0 aromatic heterocycles. The smallest absolute Gasteiger partial charge is 0.253 e. The number of carbonyl (C=O) groups excluding carboxylic acids is 1. The molecule has 1 fully saturated rings. The monoisotopic (exact) mass is 463 g/mol. The van der Waals surface area contributed by atoms with Crippen LogP contribution in [-0.4, -0.2) is 30.6 Å². The van der Waals surface area contributed by atoms with E-state index in [1.807, 2.05) is 54.3 Å². The van der Waals surface area contributed by atoms with Gasteiger partial charge in [0.1, 0.15) is 11.9 Å². The predicted octanol–water partition coefficient (Wildman–Crippen LogP) is 5.33. The summed E-state index contributed by atoms with van der Waals surface area (Å²) in [6.07, 6.45) is 1.67. The van der Waals surface area contributed by atoms with Crippen molar-refractivity contribution in [2.45, 2.75) is 31.5 Å². The molecule has 6 heteroatoms. The van der Waals surface area contributed by atoms with Crippen LogP contribution in [0.3, 0.4) is 0 Å². The average molecular weight is 465 g/mol. The Hall–Kier alpha value is -1.82. The van der Waals surface area contributed by atoms with Crippen LogP contribution in [0.4, 0.5) is 0 Å². The van der Waals surface area contributed by atoms with Crippen LogP contribution in [0.15, 0.2) is 59.6 Å². The second kappa shape index (κ2) is 8.68. The Bertz CT molecular complexity index is 850. The maximum atomic E-state index is 13.3. The largest absolute Gasteiger partial charge is 0.497 e. The number of methoxy groups -OCH3 is 1. The van der Waals surface area contributed by atoms with Crippen LogP contribution < -0.4 is 4.74 Å². The number of hydrogen-bond donors (Lipinski definition) is 0. The van der Waals surface area contributed by atoms with Crippen LogP contribution in [0.25, 0.3) is 0 Å². The summed E-state index contributed by atoms with van der Waals surface area (Å²) in [5.74, 6) is 0.726. The first kappa shape index (κ1) is 20.9. The van der Waals surface area contributed by atoms with Gasteiger partial charge < -0.3 is 14.4 Å². The van der Waals surface area contributed by atoms with Gasteiger partial charge in [-0.3, -0.25) is 4.79 Å². The molecule has 3 rings (SSSR count). The van der Waals surface area contributed by atoms with Crippen molar-refractivity contribution in [1.82, 2.24) is 4.90 Å². The lowest BCUT2D eigenvalue weighted by molar-refractivity contribution is -0.172. The van der Waals surface area contributed by atoms with Crippen molar-refractivity contribution in [3.05, 3.63) is 75.7 Å². The molecule has 2 aromatic carbocycles. The van der Waals surface area contributed by atoms with Gasteiger partial charge in [-0.05, 0) is 48.4 Å². The van der Waals surface area contributed by atoms with E-state index in [-0.39, 0.29) is 5.91 Å². The van der Waals surface area contributed by atoms with E-state index in [4.69, 9.17) is 21.1 Å². The molecule has 0 bridgehead atoms. The zero-order valence-electron chi connectivity index (χ0n) is 16.0. The maximum absolute atomic E-state index is 13.3. The van der Waals surface area contributed by atoms with Crippen molar-refractivity contribution >= 4 is 33.4 Å². The highest BCUT2D eigenvalue weighted by molar-refractivity contribution is 9.10. The number of hydrogen-bond acceptors (Lipinski definition) is 3. The van der Waals surface area contributed by atoms with Crippen LogP contribution in [-0.2, 0) is 21.6 Å². The van der Waals surface area contributed by atoms with Crippen LogP contribution in [0.5, 0.6) is 5.75 Å². The topological polar surface area (TPSA) is 38.8 Å². The normalized spacial score (nSPS) is 22.2. The Balaban J connectivity index is 2.00. The number of carbonyl (C=O) groups is 1. The quantitative estimate of drug-likeness (QED) is 0.542. The molecule has 1 heterocycles. The number of rotatable bonds is 6. The summed E-state index contributed by atoms with van der Waals surface area (Å²) < 4.78 is 12.0. The lowest BCUT2D eigenvalue weighted by Crippen LogP contribution is -2.58. The molecule has 0 radical (unpaired) electrons. The van der Waals surface area contributed by atoms with Gasteiger partial charge in [-0.15, -0.1) is 6.58 Å². The molecule has 1 aliphatic heterocycles. The number of amides is 1. The molecule has 0 saturated carbocycles. The minimum Gasteiger partial charge on any atom is -0.497 e. The fraction of sp³-hybridized carbons (Fsp3) is 0.318. The third kappa shape index (κ3) is 4.27. The summed E-state index contributed by atoms with van der Waals surface area (Å²) in [7, 11) is 1.63. The van der Waals surface area contributed by atoms with Crippen molar-refractivity contribution in [2.24, 2.45) is 0 Å². The van der Waals surface area contributed by atoms with Crippen LogP contribution in [0.1, 0.15) is 24.5 Å². The van der Waals surface area contributed by atoms with Gasteiger partial charge in [-0.2, -0.15) is 0 Å². The Morgan fingerprint density at radius 3 is 2.68 bits per heavy atom. The Morgan fingerprint density at radius 2 is 2.07 bits per heavy atom. The molecule has 0 aliphatic carbocycles. The minimum atomic E-state index is -0.651. The number of halogens is 2. The number of nitrogens with zero attached hydrogens (tertiary/aromatic N) is 1. The van der Waals surface area contributed by atoms with Crippen LogP contribution >= 0.6 is 27.5 Å². The highest BCUT2D eigenvalue weighted by Crippen LogP contribution is 2.38. The van der Waals surface area contributed by atoms with Crippen molar-refractivity contribution in [2.75, 3.05) is 13.7 Å². The van der Waals surface area contributed by atoms with Crippen molar-refractivity contribution in [3.8, 4) is 5.75 Å². The van der Waals surface area contributed by atoms with E-state index in [9.17, 15) is 4.79 Å². The van der Waals surface area contributed by atoms with Gasteiger partial charge >= 0.3 is 0 Å². The van der Waals surface area contributed by atoms with Gasteiger partial charge in [0.25, 0.3) is 5.91 Å². The Morgan fingerprint density at radius 1 is 1.36 bits per heavy atom. The first-order valence-corrected chi connectivity index (χ1v) is 10.2. The summed E-state index contributed by atoms with van der Waals surface area (Å²) in [6.45, 7) is 6.59. The molecule has 148 valence electrons. The first-order valence-electron chi connectivity index (χ1n) is 9.01. The van der Waals surface area contributed by atoms with E-state index >= 15 is 0 Å². The molecule has 2 unspecified atom stereocenters. The van der Waals surface area contributed by atoms with E-state index in [2.05, 4.69) is 22.5 Å². The predicted molar refractivity (Wildman–Crippen MR) is 115 cm³/mol. The molecule has 2 aromatic rings. The number of benzene rings is 2. The van der Waals surface area contributed by atoms with E-state index in [0.29, 0.717) is 24.6 Å². The molecule has 0 spiro atoms. The van der Waals surface area contributed by atoms with Crippen molar-refractivity contribution in [3.63, 3.8) is 0 Å². The van der Waals surface area contributed by atoms with Gasteiger partial charge in [0, 0.05) is 22.5 Å². The zero-order chi connectivity index (χ0) is 20.3. The summed E-state index contributed by atoms with van der Waals surface area (Å²) in [5, 5.41) is 0.607. The molecule has 4 nitrogen and oxygen atoms in total. The Labute approximate surface area is 179 Å². The first-order chi connectivity index (χ1) is 13.4. The SMILES string of the molecule is C=CCC1OCC(C)(c2cc(Cl)cc(Br)c2)N(Cc2ccc(OC)cc2)C1=O. The minimum absolute atomic E-state index is 0.0550. The lowest BCUT2D eigenvalue weighted by atomic mass is 9.87. The molecule has 28 heavy (non-hydrogen) atoms. The van der Waals surface area contributed by atoms with Crippen LogP contribution in [0, 0.1) is 0 Å². The average Bonchev–Trinajstić information content (AvgIpc) is 2.67. The van der Waals surface area contributed by atoms with Gasteiger partial charge in [-0.25, -0.2) is 0 Å². The standard InChI is InChI=1S/C22H23BrClNO3/c1-4-5-20-21(26)25(13-15-6-8-19(27-3)9-7-15)22(2,14-28-20)16-10-17(23)12-18(24)11-16/h4,6-12,20H,1,5,13-14H2,2-3H3. The summed E-state index contributed by atoms with van der Waals surface area (Å²) in [5.41, 5.74) is 1.29. The van der Waals surface area contributed by atoms with Crippen molar-refractivity contribution in [1.29, 1.82) is 0 Å². The molecule has 1 aliphatic rings. The van der Waals surface area contributed by atoms with Crippen molar-refractivity contribution < 1.29 is 14.3 Å². The molecular formula is C22H23BrClNO3. The maximum Gasteiger partial charge on any atom is 0.253 e. The van der Waals surface area contributed by atoms with Gasteiger partial charge in [-0.1, -0.05) is 45.7 Å². The molecule has 1 amide bonds. The zero-order valence-corrected chi connectivity index (χ0v) is 18.3. The lowest BCUT2D eigenvalue weighted by Gasteiger charge is -2.47. The van der Waals surface area contributed by atoms with E-state index in [1.165, 1.54) is 0 Å². The third-order valence-corrected chi connectivity index (χ3v) is 5.74. The third-order valence-electron chi connectivity index (χ3n) is 5.07. The fourth-order valence-electron chi connectivity index (χ4n) is 3.42. The summed E-state index contributed by atoms with van der Waals surface area (Å²) >= 11 is 9.79.